The van der Waals surface area contributed by atoms with Gasteiger partial charge in [0.05, 0.1) is 11.1 Å². The van der Waals surface area contributed by atoms with Crippen LogP contribution in [0, 0.1) is 0 Å². The zero-order valence-electron chi connectivity index (χ0n) is 11.3. The average molecular weight is 259 g/mol. The molecule has 1 aromatic heterocycles. The number of aromatic carboxylic acids is 1. The van der Waals surface area contributed by atoms with E-state index in [2.05, 4.69) is 36.1 Å². The summed E-state index contributed by atoms with van der Waals surface area (Å²) >= 11 is 0. The van der Waals surface area contributed by atoms with Gasteiger partial charge in [-0.1, -0.05) is 6.92 Å². The number of rotatable bonds is 4. The number of hydrogen-bond acceptors (Lipinski definition) is 4. The van der Waals surface area contributed by atoms with Gasteiger partial charge in [-0.2, -0.15) is 0 Å². The van der Waals surface area contributed by atoms with E-state index in [0.717, 1.165) is 17.6 Å². The number of hydrogen-bond donors (Lipinski definition) is 2. The van der Waals surface area contributed by atoms with Crippen LogP contribution in [0.3, 0.4) is 0 Å². The van der Waals surface area contributed by atoms with Gasteiger partial charge in [-0.05, 0) is 38.5 Å². The lowest BCUT2D eigenvalue weighted by Gasteiger charge is -2.25. The summed E-state index contributed by atoms with van der Waals surface area (Å²) in [7, 11) is 0. The summed E-state index contributed by atoms with van der Waals surface area (Å²) in [6, 6.07) is 4.87. The van der Waals surface area contributed by atoms with Crippen LogP contribution < -0.4 is 5.32 Å². The highest BCUT2D eigenvalue weighted by Gasteiger charge is 2.17. The third-order valence-electron chi connectivity index (χ3n) is 3.22. The SMILES string of the molecule is CCC(C)(C)Nc1ncnc2cc(C(=O)O)ccc12. The molecule has 0 amide bonds. The number of nitrogens with zero attached hydrogens (tertiary/aromatic N) is 2. The van der Waals surface area contributed by atoms with Crippen LogP contribution in [0.1, 0.15) is 37.6 Å². The molecule has 1 heterocycles. The molecule has 0 aliphatic heterocycles. The highest BCUT2D eigenvalue weighted by molar-refractivity contribution is 5.96. The second-order valence-corrected chi connectivity index (χ2v) is 5.12. The van der Waals surface area contributed by atoms with E-state index in [-0.39, 0.29) is 11.1 Å². The summed E-state index contributed by atoms with van der Waals surface area (Å²) in [6.07, 6.45) is 2.40. The molecule has 2 aromatic rings. The molecule has 100 valence electrons. The van der Waals surface area contributed by atoms with E-state index in [1.165, 1.54) is 6.33 Å². The first-order chi connectivity index (χ1) is 8.93. The van der Waals surface area contributed by atoms with Crippen LogP contribution in [0.5, 0.6) is 0 Å². The zero-order chi connectivity index (χ0) is 14.0. The van der Waals surface area contributed by atoms with E-state index in [1.54, 1.807) is 18.2 Å². The van der Waals surface area contributed by atoms with Gasteiger partial charge >= 0.3 is 5.97 Å². The number of carbonyl (C=O) groups is 1. The molecule has 0 saturated heterocycles. The molecule has 5 heteroatoms. The zero-order valence-corrected chi connectivity index (χ0v) is 11.3. The fraction of sp³-hybridized carbons (Fsp3) is 0.357. The Kier molecular flexibility index (Phi) is 3.38. The molecule has 19 heavy (non-hydrogen) atoms. The van der Waals surface area contributed by atoms with E-state index >= 15 is 0 Å². The predicted octanol–water partition coefficient (Wildman–Crippen LogP) is 2.93. The molecule has 1 aromatic carbocycles. The molecule has 0 saturated carbocycles. The number of carboxylic acids is 1. The normalized spacial score (nSPS) is 11.5. The van der Waals surface area contributed by atoms with Crippen molar-refractivity contribution in [3.8, 4) is 0 Å². The van der Waals surface area contributed by atoms with Gasteiger partial charge in [-0.15, -0.1) is 0 Å². The number of nitrogens with one attached hydrogen (secondary N) is 1. The van der Waals surface area contributed by atoms with Crippen molar-refractivity contribution in [2.45, 2.75) is 32.7 Å². The van der Waals surface area contributed by atoms with Crippen molar-refractivity contribution in [2.24, 2.45) is 0 Å². The lowest BCUT2D eigenvalue weighted by molar-refractivity contribution is 0.0697. The van der Waals surface area contributed by atoms with Gasteiger partial charge in [-0.25, -0.2) is 14.8 Å². The molecule has 0 aliphatic rings. The lowest BCUT2D eigenvalue weighted by atomic mass is 10.0. The van der Waals surface area contributed by atoms with E-state index in [1.807, 2.05) is 0 Å². The average Bonchev–Trinajstić information content (AvgIpc) is 2.38. The van der Waals surface area contributed by atoms with Gasteiger partial charge in [0.25, 0.3) is 0 Å². The van der Waals surface area contributed by atoms with E-state index in [9.17, 15) is 4.79 Å². The Bertz CT molecular complexity index is 623. The van der Waals surface area contributed by atoms with Crippen molar-refractivity contribution in [1.29, 1.82) is 0 Å². The van der Waals surface area contributed by atoms with Crippen molar-refractivity contribution < 1.29 is 9.90 Å². The second kappa shape index (κ2) is 4.84. The number of anilines is 1. The van der Waals surface area contributed by atoms with E-state index in [4.69, 9.17) is 5.11 Å². The third kappa shape index (κ3) is 2.81. The first-order valence-electron chi connectivity index (χ1n) is 6.19. The molecule has 0 fully saturated rings. The molecule has 0 atom stereocenters. The Morgan fingerprint density at radius 1 is 1.37 bits per heavy atom. The van der Waals surface area contributed by atoms with Crippen molar-refractivity contribution in [3.05, 3.63) is 30.1 Å². The summed E-state index contributed by atoms with van der Waals surface area (Å²) in [5.74, 6) is -0.224. The topological polar surface area (TPSA) is 75.1 Å². The monoisotopic (exact) mass is 259 g/mol. The predicted molar refractivity (Wildman–Crippen MR) is 74.5 cm³/mol. The summed E-state index contributed by atoms with van der Waals surface area (Å²) in [5.41, 5.74) is 0.781. The first-order valence-corrected chi connectivity index (χ1v) is 6.19. The summed E-state index contributed by atoms with van der Waals surface area (Å²) < 4.78 is 0. The fourth-order valence-electron chi connectivity index (χ4n) is 1.70. The molecule has 5 nitrogen and oxygen atoms in total. The lowest BCUT2D eigenvalue weighted by Crippen LogP contribution is -2.30. The van der Waals surface area contributed by atoms with E-state index in [0.29, 0.717) is 5.52 Å². The summed E-state index contributed by atoms with van der Waals surface area (Å²) in [6.45, 7) is 6.28. The smallest absolute Gasteiger partial charge is 0.335 e. The standard InChI is InChI=1S/C14H17N3O2/c1-4-14(2,3)17-12-10-6-5-9(13(18)19)7-11(10)15-8-16-12/h5-8H,4H2,1-3H3,(H,18,19)(H,15,16,17). The van der Waals surface area contributed by atoms with E-state index < -0.39 is 5.97 Å². The molecule has 2 rings (SSSR count). The maximum Gasteiger partial charge on any atom is 0.335 e. The van der Waals surface area contributed by atoms with Crippen molar-refractivity contribution in [2.75, 3.05) is 5.32 Å². The molecule has 2 N–H and O–H groups in total. The number of benzene rings is 1. The largest absolute Gasteiger partial charge is 0.478 e. The molecule has 0 radical (unpaired) electrons. The van der Waals surface area contributed by atoms with Crippen LogP contribution in [-0.2, 0) is 0 Å². The maximum absolute atomic E-state index is 10.9. The van der Waals surface area contributed by atoms with Gasteiger partial charge in [-0.3, -0.25) is 0 Å². The van der Waals surface area contributed by atoms with Crippen molar-refractivity contribution in [1.82, 2.24) is 9.97 Å². The maximum atomic E-state index is 10.9. The van der Waals surface area contributed by atoms with Gasteiger partial charge in [0, 0.05) is 10.9 Å². The van der Waals surface area contributed by atoms with Crippen molar-refractivity contribution in [3.63, 3.8) is 0 Å². The minimum absolute atomic E-state index is 0.0766. The van der Waals surface area contributed by atoms with Crippen LogP contribution in [0.2, 0.25) is 0 Å². The molecule has 0 spiro atoms. The van der Waals surface area contributed by atoms with Crippen LogP contribution >= 0.6 is 0 Å². The second-order valence-electron chi connectivity index (χ2n) is 5.12. The van der Waals surface area contributed by atoms with Crippen molar-refractivity contribution >= 4 is 22.7 Å². The Morgan fingerprint density at radius 2 is 2.11 bits per heavy atom. The molecular weight excluding hydrogens is 242 g/mol. The highest BCUT2D eigenvalue weighted by Crippen LogP contribution is 2.24. The van der Waals surface area contributed by atoms with Gasteiger partial charge in [0.15, 0.2) is 0 Å². The van der Waals surface area contributed by atoms with Crippen LogP contribution in [-0.4, -0.2) is 26.6 Å². The fourth-order valence-corrected chi connectivity index (χ4v) is 1.70. The van der Waals surface area contributed by atoms with Gasteiger partial charge in [0.1, 0.15) is 12.1 Å². The van der Waals surface area contributed by atoms with Crippen LogP contribution in [0.15, 0.2) is 24.5 Å². The highest BCUT2D eigenvalue weighted by atomic mass is 16.4. The van der Waals surface area contributed by atoms with Gasteiger partial charge < -0.3 is 10.4 Å². The quantitative estimate of drug-likeness (QED) is 0.883. The summed E-state index contributed by atoms with van der Waals surface area (Å²) in [4.78, 5) is 19.3. The third-order valence-corrected chi connectivity index (χ3v) is 3.22. The number of fused-ring (bicyclic) bond motifs is 1. The number of aromatic nitrogens is 2. The Morgan fingerprint density at radius 3 is 2.74 bits per heavy atom. The first kappa shape index (κ1) is 13.3. The minimum Gasteiger partial charge on any atom is -0.478 e. The Balaban J connectivity index is 2.49. The molecule has 0 aliphatic carbocycles. The minimum atomic E-state index is -0.955. The Hall–Kier alpha value is -2.17. The summed E-state index contributed by atoms with van der Waals surface area (Å²) in [5, 5.41) is 13.2. The molecule has 0 unspecified atom stereocenters. The Labute approximate surface area is 111 Å². The number of carboxylic acid groups (broad SMARTS) is 1. The van der Waals surface area contributed by atoms with Crippen LogP contribution in [0.25, 0.3) is 10.9 Å². The molecule has 0 bridgehead atoms. The van der Waals surface area contributed by atoms with Crippen LogP contribution in [0.4, 0.5) is 5.82 Å². The molecular formula is C14H17N3O2. The van der Waals surface area contributed by atoms with Gasteiger partial charge in [0.2, 0.25) is 0 Å².